The molecule has 2 atom stereocenters. The van der Waals surface area contributed by atoms with Gasteiger partial charge in [-0.1, -0.05) is 42.5 Å². The van der Waals surface area contributed by atoms with Crippen molar-refractivity contribution in [2.45, 2.75) is 38.0 Å². The fourth-order valence-electron chi connectivity index (χ4n) is 4.70. The number of nitrogens with one attached hydrogen (secondary N) is 2. The van der Waals surface area contributed by atoms with Crippen LogP contribution in [0.25, 0.3) is 6.08 Å². The van der Waals surface area contributed by atoms with Gasteiger partial charge in [0.15, 0.2) is 17.0 Å². The van der Waals surface area contributed by atoms with Gasteiger partial charge in [0.2, 0.25) is 11.6 Å². The van der Waals surface area contributed by atoms with E-state index >= 15 is 0 Å². The van der Waals surface area contributed by atoms with Crippen molar-refractivity contribution in [1.82, 2.24) is 10.9 Å². The quantitative estimate of drug-likeness (QED) is 0.177. The van der Waals surface area contributed by atoms with E-state index in [1.54, 1.807) is 21.3 Å². The van der Waals surface area contributed by atoms with Crippen LogP contribution in [0.5, 0.6) is 23.0 Å². The van der Waals surface area contributed by atoms with E-state index in [1.807, 2.05) is 85.8 Å². The number of aliphatic imine (C=N–C) groups is 1. The third-order valence-electron chi connectivity index (χ3n) is 7.09. The number of rotatable bonds is 15. The molecule has 3 N–H and O–H groups in total. The lowest BCUT2D eigenvalue weighted by Gasteiger charge is -2.27. The summed E-state index contributed by atoms with van der Waals surface area (Å²) in [7, 11) is 4.65. The smallest absolute Gasteiger partial charge is 0.266 e. The third kappa shape index (κ3) is 7.65. The minimum atomic E-state index is -1.22. The van der Waals surface area contributed by atoms with Crippen LogP contribution in [0.3, 0.4) is 0 Å². The average Bonchev–Trinajstić information content (AvgIpc) is 3.38. The Balaban J connectivity index is 1.54. The lowest BCUT2D eigenvalue weighted by molar-refractivity contribution is -0.129. The zero-order valence-corrected chi connectivity index (χ0v) is 25.0. The number of hydrazine groups is 1. The Morgan fingerprint density at radius 2 is 1.72 bits per heavy atom. The van der Waals surface area contributed by atoms with E-state index in [0.717, 1.165) is 16.7 Å². The molecule has 0 aliphatic carbocycles. The monoisotopic (exact) mass is 589 g/mol. The van der Waals surface area contributed by atoms with Crippen molar-refractivity contribution in [3.05, 3.63) is 89.5 Å². The highest BCUT2D eigenvalue weighted by Gasteiger charge is 2.49. The maximum atomic E-state index is 13.8. The van der Waals surface area contributed by atoms with Crippen LogP contribution in [0.2, 0.25) is 0 Å². The molecular formula is C33H39N3O7. The Labute approximate surface area is 252 Å². The van der Waals surface area contributed by atoms with Gasteiger partial charge in [-0.05, 0) is 54.4 Å². The Bertz CT molecular complexity index is 1380. The minimum Gasteiger partial charge on any atom is -0.494 e. The van der Waals surface area contributed by atoms with Crippen molar-refractivity contribution in [1.29, 1.82) is 0 Å². The van der Waals surface area contributed by atoms with Crippen LogP contribution in [0.4, 0.5) is 0 Å². The maximum Gasteiger partial charge on any atom is 0.266 e. The second kappa shape index (κ2) is 15.1. The molecule has 10 nitrogen and oxygen atoms in total. The van der Waals surface area contributed by atoms with Gasteiger partial charge in [0, 0.05) is 31.6 Å². The molecule has 0 spiro atoms. The molecule has 0 aromatic heterocycles. The zero-order chi connectivity index (χ0) is 30.7. The van der Waals surface area contributed by atoms with Gasteiger partial charge in [-0.15, -0.1) is 0 Å². The molecule has 4 rings (SSSR count). The average molecular weight is 590 g/mol. The molecule has 3 aromatic rings. The number of ether oxygens (including phenoxy) is 5. The first kappa shape index (κ1) is 31.4. The molecule has 0 saturated carbocycles. The van der Waals surface area contributed by atoms with Gasteiger partial charge in [-0.2, -0.15) is 0 Å². The van der Waals surface area contributed by atoms with Gasteiger partial charge >= 0.3 is 0 Å². The van der Waals surface area contributed by atoms with Gasteiger partial charge in [0.05, 0.1) is 27.9 Å². The lowest BCUT2D eigenvalue weighted by Crippen LogP contribution is -2.54. The summed E-state index contributed by atoms with van der Waals surface area (Å²) in [4.78, 5) is 18.7. The van der Waals surface area contributed by atoms with E-state index in [9.17, 15) is 4.79 Å². The predicted molar refractivity (Wildman–Crippen MR) is 165 cm³/mol. The summed E-state index contributed by atoms with van der Waals surface area (Å²) in [6.45, 7) is 2.63. The predicted octanol–water partition coefficient (Wildman–Crippen LogP) is 4.30. The van der Waals surface area contributed by atoms with E-state index in [2.05, 4.69) is 10.9 Å². The van der Waals surface area contributed by atoms with Crippen LogP contribution in [-0.2, 0) is 16.1 Å². The number of nitrogens with zero attached hydrogens (tertiary/aromatic N) is 1. The first-order valence-electron chi connectivity index (χ1n) is 14.1. The Hall–Kier alpha value is -4.54. The standard InChI is InChI=1S/C33H39N3O7/c1-23-33(17-8-12-24-10-6-5-7-11-24,35-31(43-23)26-13-15-27(16-14-26)42-19-9-18-37)32(38)36-34-22-25-20-28(39-2)30(41-4)29(21-25)40-3/h5-8,10-16,20-21,23,34,37H,9,17-19,22H2,1-4H3,(H,36,38)/b12-8+/t23-,33-/m0/s1. The normalized spacial score (nSPS) is 17.7. The summed E-state index contributed by atoms with van der Waals surface area (Å²) in [6, 6.07) is 20.8. The number of aliphatic hydroxyl groups is 1. The van der Waals surface area contributed by atoms with Crippen molar-refractivity contribution >= 4 is 17.9 Å². The molecular weight excluding hydrogens is 550 g/mol. The third-order valence-corrected chi connectivity index (χ3v) is 7.09. The molecule has 0 bridgehead atoms. The topological polar surface area (TPSA) is 120 Å². The highest BCUT2D eigenvalue weighted by atomic mass is 16.5. The largest absolute Gasteiger partial charge is 0.494 e. The molecule has 1 heterocycles. The van der Waals surface area contributed by atoms with Crippen molar-refractivity contribution in [3.8, 4) is 23.0 Å². The van der Waals surface area contributed by atoms with Crippen molar-refractivity contribution in [2.75, 3.05) is 34.5 Å². The van der Waals surface area contributed by atoms with Crippen LogP contribution >= 0.6 is 0 Å². The van der Waals surface area contributed by atoms with Gasteiger partial charge in [0.25, 0.3) is 5.91 Å². The summed E-state index contributed by atoms with van der Waals surface area (Å²) in [5.41, 5.74) is 7.21. The van der Waals surface area contributed by atoms with E-state index in [1.165, 1.54) is 0 Å². The number of hydrogen-bond donors (Lipinski definition) is 3. The molecule has 228 valence electrons. The van der Waals surface area contributed by atoms with Gasteiger partial charge in [-0.25, -0.2) is 10.4 Å². The molecule has 1 amide bonds. The first-order valence-corrected chi connectivity index (χ1v) is 14.1. The van der Waals surface area contributed by atoms with Crippen LogP contribution in [0.1, 0.15) is 36.5 Å². The number of carbonyl (C=O) groups is 1. The highest BCUT2D eigenvalue weighted by molar-refractivity contribution is 6.00. The van der Waals surface area contributed by atoms with E-state index in [0.29, 0.717) is 54.9 Å². The molecule has 1 aliphatic heterocycles. The zero-order valence-electron chi connectivity index (χ0n) is 25.0. The van der Waals surface area contributed by atoms with E-state index in [4.69, 9.17) is 33.8 Å². The van der Waals surface area contributed by atoms with E-state index < -0.39 is 11.6 Å². The van der Waals surface area contributed by atoms with Crippen molar-refractivity contribution in [3.63, 3.8) is 0 Å². The minimum absolute atomic E-state index is 0.0703. The van der Waals surface area contributed by atoms with Crippen molar-refractivity contribution in [2.24, 2.45) is 4.99 Å². The van der Waals surface area contributed by atoms with Crippen LogP contribution < -0.4 is 29.8 Å². The summed E-state index contributed by atoms with van der Waals surface area (Å²) in [6.07, 6.45) is 4.23. The second-order valence-corrected chi connectivity index (χ2v) is 9.91. The maximum absolute atomic E-state index is 13.8. The molecule has 10 heteroatoms. The lowest BCUT2D eigenvalue weighted by atomic mass is 9.89. The number of amides is 1. The summed E-state index contributed by atoms with van der Waals surface area (Å²) in [5.74, 6) is 2.25. The van der Waals surface area contributed by atoms with Gasteiger partial charge in [-0.3, -0.25) is 10.2 Å². The van der Waals surface area contributed by atoms with E-state index in [-0.39, 0.29) is 12.5 Å². The fourth-order valence-corrected chi connectivity index (χ4v) is 4.70. The van der Waals surface area contributed by atoms with Crippen LogP contribution in [0.15, 0.2) is 77.8 Å². The number of carbonyl (C=O) groups excluding carboxylic acids is 1. The Morgan fingerprint density at radius 3 is 2.35 bits per heavy atom. The number of hydrogen-bond acceptors (Lipinski definition) is 9. The van der Waals surface area contributed by atoms with Crippen LogP contribution in [0, 0.1) is 0 Å². The summed E-state index contributed by atoms with van der Waals surface area (Å²) >= 11 is 0. The molecule has 1 aliphatic rings. The van der Waals surface area contributed by atoms with Gasteiger partial charge < -0.3 is 28.8 Å². The SMILES string of the molecule is COc1cc(CNNC(=O)[C@@]2(C/C=C/c3ccccc3)N=C(c3ccc(OCCCO)cc3)O[C@H]2C)cc(OC)c1OC. The molecule has 0 saturated heterocycles. The number of methoxy groups -OCH3 is 3. The molecule has 0 radical (unpaired) electrons. The second-order valence-electron chi connectivity index (χ2n) is 9.91. The summed E-state index contributed by atoms with van der Waals surface area (Å²) in [5, 5.41) is 8.98. The number of benzene rings is 3. The summed E-state index contributed by atoms with van der Waals surface area (Å²) < 4.78 is 28.1. The molecule has 3 aromatic carbocycles. The highest BCUT2D eigenvalue weighted by Crippen LogP contribution is 2.38. The number of aliphatic hydroxyl groups excluding tert-OH is 1. The molecule has 0 unspecified atom stereocenters. The Morgan fingerprint density at radius 1 is 1.02 bits per heavy atom. The Kier molecular flexibility index (Phi) is 11.0. The van der Waals surface area contributed by atoms with Crippen LogP contribution in [-0.4, -0.2) is 63.1 Å². The van der Waals surface area contributed by atoms with Gasteiger partial charge in [0.1, 0.15) is 11.9 Å². The fraction of sp³-hybridized carbons (Fsp3) is 0.333. The molecule has 0 fully saturated rings. The first-order chi connectivity index (χ1) is 20.9. The molecule has 43 heavy (non-hydrogen) atoms. The van der Waals surface area contributed by atoms with Crippen molar-refractivity contribution < 1.29 is 33.6 Å².